The van der Waals surface area contributed by atoms with Crippen LogP contribution in [0.15, 0.2) is 41.3 Å². The number of halogens is 1. The van der Waals surface area contributed by atoms with Crippen molar-refractivity contribution in [3.63, 3.8) is 0 Å². The summed E-state index contributed by atoms with van der Waals surface area (Å²) in [6, 6.07) is 9.16. The first kappa shape index (κ1) is 14.6. The highest BCUT2D eigenvalue weighted by molar-refractivity contribution is 6.30. The van der Waals surface area contributed by atoms with Crippen LogP contribution < -0.4 is 11.3 Å². The molecule has 0 atom stereocenters. The van der Waals surface area contributed by atoms with E-state index in [2.05, 4.69) is 4.98 Å². The van der Waals surface area contributed by atoms with Gasteiger partial charge in [-0.3, -0.25) is 4.79 Å². The molecule has 0 aliphatic rings. The van der Waals surface area contributed by atoms with E-state index < -0.39 is 0 Å². The number of benzene rings is 1. The number of aromatic nitrogens is 2. The number of anilines is 1. The monoisotopic (exact) mass is 313 g/mol. The average molecular weight is 314 g/mol. The number of hydrogen-bond donors (Lipinski definition) is 1. The summed E-state index contributed by atoms with van der Waals surface area (Å²) in [5.74, 6) is 0. The Morgan fingerprint density at radius 1 is 1.23 bits per heavy atom. The van der Waals surface area contributed by atoms with E-state index in [1.54, 1.807) is 16.8 Å². The first-order chi connectivity index (χ1) is 10.5. The predicted octanol–water partition coefficient (Wildman–Crippen LogP) is 3.63. The van der Waals surface area contributed by atoms with Crippen LogP contribution in [-0.4, -0.2) is 9.55 Å². The second-order valence-corrected chi connectivity index (χ2v) is 5.63. The maximum atomic E-state index is 12.8. The van der Waals surface area contributed by atoms with E-state index in [0.717, 1.165) is 22.0 Å². The van der Waals surface area contributed by atoms with Gasteiger partial charge < -0.3 is 10.3 Å². The quantitative estimate of drug-likeness (QED) is 0.580. The molecule has 0 radical (unpaired) electrons. The Kier molecular flexibility index (Phi) is 3.62. The number of aryl methyl sites for hydroxylation is 2. The molecule has 0 aliphatic carbocycles. The van der Waals surface area contributed by atoms with E-state index in [4.69, 9.17) is 17.3 Å². The summed E-state index contributed by atoms with van der Waals surface area (Å²) >= 11 is 5.96. The molecule has 112 valence electrons. The number of pyridine rings is 2. The molecular formula is C17H16ClN3O. The number of hydrogen-bond acceptors (Lipinski definition) is 3. The van der Waals surface area contributed by atoms with Crippen LogP contribution in [0.4, 0.5) is 5.69 Å². The Balaban J connectivity index is 2.41. The lowest BCUT2D eigenvalue weighted by Gasteiger charge is -2.13. The molecule has 2 heterocycles. The lowest BCUT2D eigenvalue weighted by molar-refractivity contribution is 0.761. The molecule has 0 amide bonds. The molecule has 0 saturated carbocycles. The van der Waals surface area contributed by atoms with E-state index in [-0.39, 0.29) is 5.56 Å². The first-order valence-corrected chi connectivity index (χ1v) is 7.44. The van der Waals surface area contributed by atoms with E-state index in [0.29, 0.717) is 22.9 Å². The summed E-state index contributed by atoms with van der Waals surface area (Å²) in [6.45, 7) is 4.46. The predicted molar refractivity (Wildman–Crippen MR) is 91.3 cm³/mol. The fourth-order valence-electron chi connectivity index (χ4n) is 2.68. The highest BCUT2D eigenvalue weighted by Gasteiger charge is 2.13. The fourth-order valence-corrected chi connectivity index (χ4v) is 2.84. The number of nitrogens with zero attached hydrogens (tertiary/aromatic N) is 2. The maximum absolute atomic E-state index is 12.8. The minimum atomic E-state index is -0.0500. The van der Waals surface area contributed by atoms with E-state index in [1.165, 1.54) is 0 Å². The molecule has 0 bridgehead atoms. The second kappa shape index (κ2) is 5.46. The van der Waals surface area contributed by atoms with Crippen LogP contribution in [0.3, 0.4) is 0 Å². The molecule has 3 rings (SSSR count). The minimum Gasteiger partial charge on any atom is -0.399 e. The third-order valence-corrected chi connectivity index (χ3v) is 4.02. The van der Waals surface area contributed by atoms with Gasteiger partial charge in [-0.25, -0.2) is 4.98 Å². The smallest absolute Gasteiger partial charge is 0.258 e. The Morgan fingerprint density at radius 3 is 2.73 bits per heavy atom. The standard InChI is InChI=1S/C17H16ClN3O/c1-3-21-15-8-16(18)20-9-11(15)6-14(17(21)22)13-7-12(19)5-4-10(13)2/h4-9H,3,19H2,1-2H3. The van der Waals surface area contributed by atoms with Crippen molar-refractivity contribution < 1.29 is 0 Å². The van der Waals surface area contributed by atoms with Gasteiger partial charge in [-0.15, -0.1) is 0 Å². The fraction of sp³-hybridized carbons (Fsp3) is 0.176. The zero-order chi connectivity index (χ0) is 15.9. The third kappa shape index (κ3) is 2.35. The summed E-state index contributed by atoms with van der Waals surface area (Å²) < 4.78 is 1.71. The van der Waals surface area contributed by atoms with Crippen molar-refractivity contribution in [2.24, 2.45) is 0 Å². The Hall–Kier alpha value is -2.33. The van der Waals surface area contributed by atoms with Gasteiger partial charge in [-0.1, -0.05) is 17.7 Å². The van der Waals surface area contributed by atoms with Gasteiger partial charge in [0.1, 0.15) is 5.15 Å². The van der Waals surface area contributed by atoms with Gasteiger partial charge in [0.05, 0.1) is 5.52 Å². The Morgan fingerprint density at radius 2 is 2.00 bits per heavy atom. The van der Waals surface area contributed by atoms with Crippen molar-refractivity contribution in [2.45, 2.75) is 20.4 Å². The van der Waals surface area contributed by atoms with Crippen molar-refractivity contribution in [1.82, 2.24) is 9.55 Å². The highest BCUT2D eigenvalue weighted by atomic mass is 35.5. The van der Waals surface area contributed by atoms with Gasteiger partial charge in [0.25, 0.3) is 5.56 Å². The molecule has 3 aromatic rings. The van der Waals surface area contributed by atoms with Crippen molar-refractivity contribution in [1.29, 1.82) is 0 Å². The van der Waals surface area contributed by atoms with Crippen molar-refractivity contribution in [3.8, 4) is 11.1 Å². The minimum absolute atomic E-state index is 0.0500. The van der Waals surface area contributed by atoms with Crippen LogP contribution in [0.25, 0.3) is 22.0 Å². The van der Waals surface area contributed by atoms with E-state index >= 15 is 0 Å². The van der Waals surface area contributed by atoms with Crippen LogP contribution in [0.1, 0.15) is 12.5 Å². The molecule has 5 heteroatoms. The van der Waals surface area contributed by atoms with Crippen molar-refractivity contribution >= 4 is 28.2 Å². The van der Waals surface area contributed by atoms with Crippen LogP contribution in [-0.2, 0) is 6.54 Å². The van der Waals surface area contributed by atoms with Crippen molar-refractivity contribution in [3.05, 3.63) is 57.6 Å². The van der Waals surface area contributed by atoms with Crippen molar-refractivity contribution in [2.75, 3.05) is 5.73 Å². The molecule has 22 heavy (non-hydrogen) atoms. The Labute approximate surface area is 133 Å². The molecule has 1 aromatic carbocycles. The summed E-state index contributed by atoms with van der Waals surface area (Å²) in [6.07, 6.45) is 1.69. The summed E-state index contributed by atoms with van der Waals surface area (Å²) in [4.78, 5) is 17.0. The largest absolute Gasteiger partial charge is 0.399 e. The van der Waals surface area contributed by atoms with E-state index in [9.17, 15) is 4.79 Å². The second-order valence-electron chi connectivity index (χ2n) is 5.25. The average Bonchev–Trinajstić information content (AvgIpc) is 2.49. The maximum Gasteiger partial charge on any atom is 0.258 e. The van der Waals surface area contributed by atoms with E-state index in [1.807, 2.05) is 38.1 Å². The third-order valence-electron chi connectivity index (χ3n) is 3.81. The van der Waals surface area contributed by atoms with Crippen LogP contribution in [0.2, 0.25) is 5.15 Å². The number of nitrogen functional groups attached to an aromatic ring is 1. The van der Waals surface area contributed by atoms with Gasteiger partial charge in [-0.05, 0) is 49.2 Å². The summed E-state index contributed by atoms with van der Waals surface area (Å²) in [5.41, 5.74) is 9.74. The van der Waals surface area contributed by atoms with Gasteiger partial charge in [0, 0.05) is 29.4 Å². The SMILES string of the molecule is CCn1c(=O)c(-c2cc(N)ccc2C)cc2cnc(Cl)cc21. The summed E-state index contributed by atoms with van der Waals surface area (Å²) in [5, 5.41) is 1.25. The zero-order valence-corrected chi connectivity index (χ0v) is 13.2. The molecule has 0 fully saturated rings. The number of fused-ring (bicyclic) bond motifs is 1. The van der Waals surface area contributed by atoms with Crippen LogP contribution in [0, 0.1) is 6.92 Å². The molecule has 2 aromatic heterocycles. The van der Waals surface area contributed by atoms with Crippen LogP contribution in [0.5, 0.6) is 0 Å². The van der Waals surface area contributed by atoms with Gasteiger partial charge in [-0.2, -0.15) is 0 Å². The lowest BCUT2D eigenvalue weighted by atomic mass is 10.00. The molecule has 0 aliphatic heterocycles. The topological polar surface area (TPSA) is 60.9 Å². The molecule has 0 unspecified atom stereocenters. The molecule has 4 nitrogen and oxygen atoms in total. The lowest BCUT2D eigenvalue weighted by Crippen LogP contribution is -2.21. The zero-order valence-electron chi connectivity index (χ0n) is 12.4. The van der Waals surface area contributed by atoms with Crippen LogP contribution >= 0.6 is 11.6 Å². The molecule has 2 N–H and O–H groups in total. The first-order valence-electron chi connectivity index (χ1n) is 7.07. The Bertz CT molecular complexity index is 931. The highest BCUT2D eigenvalue weighted by Crippen LogP contribution is 2.26. The van der Waals surface area contributed by atoms with Gasteiger partial charge >= 0.3 is 0 Å². The van der Waals surface area contributed by atoms with Gasteiger partial charge in [0.15, 0.2) is 0 Å². The summed E-state index contributed by atoms with van der Waals surface area (Å²) in [7, 11) is 0. The van der Waals surface area contributed by atoms with Gasteiger partial charge in [0.2, 0.25) is 0 Å². The normalized spacial score (nSPS) is 11.0. The molecule has 0 saturated heterocycles. The number of rotatable bonds is 2. The number of nitrogens with two attached hydrogens (primary N) is 1. The molecular weight excluding hydrogens is 298 g/mol. The molecule has 0 spiro atoms.